The first-order valence-corrected chi connectivity index (χ1v) is 9.95. The lowest BCUT2D eigenvalue weighted by molar-refractivity contribution is 0.287. The maximum atomic E-state index is 5.46. The van der Waals surface area contributed by atoms with Gasteiger partial charge in [-0.3, -0.25) is 9.89 Å². The average molecular weight is 391 g/mol. The zero-order valence-electron chi connectivity index (χ0n) is 17.4. The molecule has 3 aromatic rings. The minimum absolute atomic E-state index is 0.178. The highest BCUT2D eigenvalue weighted by molar-refractivity contribution is 5.80. The zero-order valence-corrected chi connectivity index (χ0v) is 17.4. The van der Waals surface area contributed by atoms with E-state index >= 15 is 0 Å². The van der Waals surface area contributed by atoms with Crippen molar-refractivity contribution in [3.8, 4) is 0 Å². The maximum absolute atomic E-state index is 5.46. The van der Waals surface area contributed by atoms with Crippen LogP contribution in [-0.4, -0.2) is 25.0 Å². The van der Waals surface area contributed by atoms with Crippen molar-refractivity contribution in [2.24, 2.45) is 4.99 Å². The van der Waals surface area contributed by atoms with Gasteiger partial charge < -0.3 is 15.1 Å². The van der Waals surface area contributed by atoms with Crippen molar-refractivity contribution in [1.29, 1.82) is 0 Å². The summed E-state index contributed by atoms with van der Waals surface area (Å²) < 4.78 is 5.46. The van der Waals surface area contributed by atoms with Crippen molar-refractivity contribution < 1.29 is 4.42 Å². The molecule has 0 amide bonds. The van der Waals surface area contributed by atoms with Crippen molar-refractivity contribution in [3.05, 3.63) is 95.4 Å². The van der Waals surface area contributed by atoms with Gasteiger partial charge in [0, 0.05) is 20.1 Å². The van der Waals surface area contributed by atoms with Crippen LogP contribution in [0.5, 0.6) is 0 Å². The molecule has 5 nitrogen and oxygen atoms in total. The smallest absolute Gasteiger partial charge is 0.191 e. The Morgan fingerprint density at radius 2 is 1.69 bits per heavy atom. The van der Waals surface area contributed by atoms with Gasteiger partial charge in [-0.05, 0) is 42.8 Å². The highest BCUT2D eigenvalue weighted by Crippen LogP contribution is 2.14. The molecule has 0 spiro atoms. The second-order valence-electron chi connectivity index (χ2n) is 7.22. The quantitative estimate of drug-likeness (QED) is 0.444. The molecule has 2 N–H and O–H groups in total. The summed E-state index contributed by atoms with van der Waals surface area (Å²) in [6.07, 6.45) is 1.72. The van der Waals surface area contributed by atoms with Crippen LogP contribution >= 0.6 is 0 Å². The van der Waals surface area contributed by atoms with Crippen molar-refractivity contribution in [2.75, 3.05) is 14.1 Å². The summed E-state index contributed by atoms with van der Waals surface area (Å²) in [5.41, 5.74) is 3.78. The van der Waals surface area contributed by atoms with E-state index in [0.29, 0.717) is 6.54 Å². The second-order valence-corrected chi connectivity index (χ2v) is 7.22. The third-order valence-corrected chi connectivity index (χ3v) is 4.89. The molecule has 29 heavy (non-hydrogen) atoms. The molecule has 0 aliphatic carbocycles. The number of aliphatic imine (C=N–C) groups is 1. The van der Waals surface area contributed by atoms with Crippen molar-refractivity contribution in [3.63, 3.8) is 0 Å². The summed E-state index contributed by atoms with van der Waals surface area (Å²) in [6, 6.07) is 23.0. The highest BCUT2D eigenvalue weighted by Gasteiger charge is 2.10. The van der Waals surface area contributed by atoms with Gasteiger partial charge in [0.2, 0.25) is 0 Å². The Labute approximate surface area is 173 Å². The molecule has 3 rings (SSSR count). The van der Waals surface area contributed by atoms with Crippen LogP contribution in [0.3, 0.4) is 0 Å². The summed E-state index contributed by atoms with van der Waals surface area (Å²) in [5, 5.41) is 6.91. The molecule has 1 heterocycles. The van der Waals surface area contributed by atoms with E-state index in [4.69, 9.17) is 4.42 Å². The fourth-order valence-electron chi connectivity index (χ4n) is 3.30. The molecule has 0 fully saturated rings. The first-order valence-electron chi connectivity index (χ1n) is 9.95. The number of guanidine groups is 1. The van der Waals surface area contributed by atoms with Gasteiger partial charge in [0.1, 0.15) is 5.76 Å². The first-order chi connectivity index (χ1) is 14.2. The molecular formula is C24H30N4O. The third kappa shape index (κ3) is 6.22. The molecule has 0 aliphatic heterocycles. The molecule has 1 atom stereocenters. The summed E-state index contributed by atoms with van der Waals surface area (Å²) in [4.78, 5) is 6.63. The Balaban J connectivity index is 1.58. The molecule has 0 saturated heterocycles. The Morgan fingerprint density at radius 3 is 2.38 bits per heavy atom. The van der Waals surface area contributed by atoms with Gasteiger partial charge in [0.15, 0.2) is 5.96 Å². The number of nitrogens with zero attached hydrogens (tertiary/aromatic N) is 2. The highest BCUT2D eigenvalue weighted by atomic mass is 16.3. The number of hydrogen-bond donors (Lipinski definition) is 2. The molecule has 0 bridgehead atoms. The summed E-state index contributed by atoms with van der Waals surface area (Å²) in [6.45, 7) is 4.49. The van der Waals surface area contributed by atoms with Crippen LogP contribution in [-0.2, 0) is 19.6 Å². The molecule has 1 aromatic heterocycles. The topological polar surface area (TPSA) is 52.8 Å². The average Bonchev–Trinajstić information content (AvgIpc) is 3.25. The van der Waals surface area contributed by atoms with Crippen molar-refractivity contribution >= 4 is 5.96 Å². The molecular weight excluding hydrogens is 360 g/mol. The fraction of sp³-hybridized carbons (Fsp3) is 0.292. The number of benzene rings is 2. The van der Waals surface area contributed by atoms with E-state index in [-0.39, 0.29) is 6.04 Å². The van der Waals surface area contributed by atoms with Gasteiger partial charge in [0.25, 0.3) is 0 Å². The summed E-state index contributed by atoms with van der Waals surface area (Å²) >= 11 is 0. The van der Waals surface area contributed by atoms with Gasteiger partial charge in [-0.15, -0.1) is 0 Å². The third-order valence-electron chi connectivity index (χ3n) is 4.89. The van der Waals surface area contributed by atoms with Gasteiger partial charge >= 0.3 is 0 Å². The van der Waals surface area contributed by atoms with Crippen molar-refractivity contribution in [2.45, 2.75) is 32.6 Å². The number of rotatable bonds is 8. The van der Waals surface area contributed by atoms with E-state index in [0.717, 1.165) is 24.8 Å². The predicted molar refractivity (Wildman–Crippen MR) is 119 cm³/mol. The molecule has 0 aliphatic rings. The molecule has 2 aromatic carbocycles. The number of furan rings is 1. The molecule has 0 saturated carbocycles. The fourth-order valence-corrected chi connectivity index (χ4v) is 3.30. The normalized spacial score (nSPS) is 12.8. The molecule has 5 heteroatoms. The van der Waals surface area contributed by atoms with E-state index in [1.807, 2.05) is 18.2 Å². The second kappa shape index (κ2) is 10.5. The van der Waals surface area contributed by atoms with E-state index in [9.17, 15) is 0 Å². The molecule has 0 radical (unpaired) electrons. The summed E-state index contributed by atoms with van der Waals surface area (Å²) in [7, 11) is 3.91. The van der Waals surface area contributed by atoms with Gasteiger partial charge in [-0.1, -0.05) is 54.6 Å². The van der Waals surface area contributed by atoms with Crippen molar-refractivity contribution in [1.82, 2.24) is 15.5 Å². The Bertz CT molecular complexity index is 890. The van der Waals surface area contributed by atoms with Crippen LogP contribution in [0.1, 0.15) is 35.4 Å². The van der Waals surface area contributed by atoms with Crippen LogP contribution in [0.25, 0.3) is 0 Å². The van der Waals surface area contributed by atoms with Crippen LogP contribution < -0.4 is 10.6 Å². The van der Waals surface area contributed by atoms with E-state index in [2.05, 4.69) is 83.0 Å². The lowest BCUT2D eigenvalue weighted by atomic mass is 10.1. The predicted octanol–water partition coefficient (Wildman–Crippen LogP) is 4.34. The Kier molecular flexibility index (Phi) is 7.47. The van der Waals surface area contributed by atoms with Crippen LogP contribution in [0.2, 0.25) is 0 Å². The minimum atomic E-state index is 0.178. The standard InChI is InChI=1S/C24H30N4O/c1-19(20-10-5-4-6-11-20)27-24(25-2)26-16-21-12-7-8-13-22(21)17-28(3)18-23-14-9-15-29-23/h4-15,19H,16-18H2,1-3H3,(H2,25,26,27). The van der Waals surface area contributed by atoms with Crippen LogP contribution in [0.4, 0.5) is 0 Å². The first kappa shape index (κ1) is 20.7. The SMILES string of the molecule is CN=C(NCc1ccccc1CN(C)Cc1ccco1)NC(C)c1ccccc1. The van der Waals surface area contributed by atoms with Crippen LogP contribution in [0.15, 0.2) is 82.4 Å². The Hall–Kier alpha value is -3.05. The van der Waals surface area contributed by atoms with Gasteiger partial charge in [0.05, 0.1) is 18.8 Å². The van der Waals surface area contributed by atoms with Gasteiger partial charge in [-0.25, -0.2) is 0 Å². The zero-order chi connectivity index (χ0) is 20.5. The number of hydrogen-bond acceptors (Lipinski definition) is 3. The maximum Gasteiger partial charge on any atom is 0.191 e. The largest absolute Gasteiger partial charge is 0.468 e. The monoisotopic (exact) mass is 390 g/mol. The minimum Gasteiger partial charge on any atom is -0.468 e. The number of nitrogens with one attached hydrogen (secondary N) is 2. The molecule has 1 unspecified atom stereocenters. The lowest BCUT2D eigenvalue weighted by Gasteiger charge is -2.20. The molecule has 152 valence electrons. The lowest BCUT2D eigenvalue weighted by Crippen LogP contribution is -2.38. The van der Waals surface area contributed by atoms with E-state index in [1.54, 1.807) is 13.3 Å². The Morgan fingerprint density at radius 1 is 0.966 bits per heavy atom. The van der Waals surface area contributed by atoms with Crippen LogP contribution in [0, 0.1) is 0 Å². The summed E-state index contributed by atoms with van der Waals surface area (Å²) in [5.74, 6) is 1.77. The van der Waals surface area contributed by atoms with Gasteiger partial charge in [-0.2, -0.15) is 0 Å². The van der Waals surface area contributed by atoms with E-state index in [1.165, 1.54) is 16.7 Å². The van der Waals surface area contributed by atoms with E-state index < -0.39 is 0 Å².